The molecule has 0 bridgehead atoms. The molecule has 0 aromatic heterocycles. The molecular formula is C14H17N3O4. The molecular weight excluding hydrogens is 274 g/mol. The van der Waals surface area contributed by atoms with E-state index < -0.39 is 17.9 Å². The van der Waals surface area contributed by atoms with Gasteiger partial charge >= 0.3 is 12.0 Å². The van der Waals surface area contributed by atoms with Crippen LogP contribution in [0.25, 0.3) is 0 Å². The number of amides is 3. The number of carbonyl (C=O) groups is 3. The van der Waals surface area contributed by atoms with Gasteiger partial charge in [0.2, 0.25) is 5.91 Å². The molecule has 1 atom stereocenters. The van der Waals surface area contributed by atoms with Crippen LogP contribution in [0.15, 0.2) is 30.3 Å². The minimum atomic E-state index is -1.00. The Labute approximate surface area is 121 Å². The highest BCUT2D eigenvalue weighted by atomic mass is 16.4. The summed E-state index contributed by atoms with van der Waals surface area (Å²) < 4.78 is 0. The number of hydrogen-bond acceptors (Lipinski definition) is 3. The fourth-order valence-corrected chi connectivity index (χ4v) is 2.15. The number of piperazine rings is 1. The van der Waals surface area contributed by atoms with Gasteiger partial charge in [-0.2, -0.15) is 0 Å². The van der Waals surface area contributed by atoms with Gasteiger partial charge in [-0.05, 0) is 5.56 Å². The molecule has 0 radical (unpaired) electrons. The van der Waals surface area contributed by atoms with Crippen LogP contribution < -0.4 is 10.6 Å². The van der Waals surface area contributed by atoms with Crippen LogP contribution in [0, 0.1) is 0 Å². The van der Waals surface area contributed by atoms with Crippen molar-refractivity contribution in [2.45, 2.75) is 5.92 Å². The Morgan fingerprint density at radius 3 is 2.67 bits per heavy atom. The third kappa shape index (κ3) is 3.95. The van der Waals surface area contributed by atoms with E-state index in [1.165, 1.54) is 4.90 Å². The number of hydrogen-bond donors (Lipinski definition) is 3. The van der Waals surface area contributed by atoms with Gasteiger partial charge in [0.05, 0.1) is 5.92 Å². The third-order valence-electron chi connectivity index (χ3n) is 3.28. The zero-order valence-corrected chi connectivity index (χ0v) is 11.4. The van der Waals surface area contributed by atoms with E-state index >= 15 is 0 Å². The van der Waals surface area contributed by atoms with Crippen molar-refractivity contribution in [3.63, 3.8) is 0 Å². The van der Waals surface area contributed by atoms with Gasteiger partial charge in [0, 0.05) is 19.6 Å². The van der Waals surface area contributed by atoms with E-state index in [1.807, 2.05) is 0 Å². The molecule has 1 aliphatic rings. The predicted octanol–water partition coefficient (Wildman–Crippen LogP) is -0.00380. The molecule has 1 heterocycles. The maximum absolute atomic E-state index is 11.9. The summed E-state index contributed by atoms with van der Waals surface area (Å²) in [4.78, 5) is 35.8. The molecule has 0 saturated carbocycles. The normalized spacial score (nSPS) is 16.0. The van der Waals surface area contributed by atoms with Gasteiger partial charge in [-0.15, -0.1) is 0 Å². The summed E-state index contributed by atoms with van der Waals surface area (Å²) in [6, 6.07) is 8.29. The molecule has 1 saturated heterocycles. The number of carboxylic acids is 1. The lowest BCUT2D eigenvalue weighted by Gasteiger charge is -2.27. The first-order valence-corrected chi connectivity index (χ1v) is 6.65. The standard InChI is InChI=1S/C14H17N3O4/c18-12-9-17(7-6-15-12)14(21)16-8-11(13(19)20)10-4-2-1-3-5-10/h1-5,11H,6-9H2,(H,15,18)(H,16,21)(H,19,20). The Hall–Kier alpha value is -2.57. The Kier molecular flexibility index (Phi) is 4.76. The van der Waals surface area contributed by atoms with Crippen molar-refractivity contribution in [3.8, 4) is 0 Å². The van der Waals surface area contributed by atoms with Crippen LogP contribution in [-0.2, 0) is 9.59 Å². The van der Waals surface area contributed by atoms with Crippen molar-refractivity contribution in [2.24, 2.45) is 0 Å². The van der Waals surface area contributed by atoms with Crippen LogP contribution in [-0.4, -0.2) is 54.1 Å². The van der Waals surface area contributed by atoms with Crippen LogP contribution >= 0.6 is 0 Å². The lowest BCUT2D eigenvalue weighted by Crippen LogP contribution is -2.53. The number of nitrogens with one attached hydrogen (secondary N) is 2. The Bertz CT molecular complexity index is 532. The number of nitrogens with zero attached hydrogens (tertiary/aromatic N) is 1. The minimum Gasteiger partial charge on any atom is -0.481 e. The van der Waals surface area contributed by atoms with Crippen molar-refractivity contribution in [3.05, 3.63) is 35.9 Å². The minimum absolute atomic E-state index is 0.00505. The van der Waals surface area contributed by atoms with E-state index in [9.17, 15) is 19.5 Å². The first kappa shape index (κ1) is 14.8. The number of carbonyl (C=O) groups excluding carboxylic acids is 2. The highest BCUT2D eigenvalue weighted by Gasteiger charge is 2.24. The van der Waals surface area contributed by atoms with E-state index in [4.69, 9.17) is 0 Å². The van der Waals surface area contributed by atoms with Gasteiger partial charge < -0.3 is 20.6 Å². The molecule has 7 heteroatoms. The summed E-state index contributed by atoms with van der Waals surface area (Å²) >= 11 is 0. The molecule has 112 valence electrons. The van der Waals surface area contributed by atoms with Crippen molar-refractivity contribution < 1.29 is 19.5 Å². The summed E-state index contributed by atoms with van der Waals surface area (Å²) in [5, 5.41) is 14.5. The quantitative estimate of drug-likeness (QED) is 0.727. The van der Waals surface area contributed by atoms with Crippen molar-refractivity contribution in [1.29, 1.82) is 0 Å². The Balaban J connectivity index is 1.94. The molecule has 1 aliphatic heterocycles. The average molecular weight is 291 g/mol. The number of aliphatic carboxylic acids is 1. The molecule has 2 rings (SSSR count). The molecule has 1 unspecified atom stereocenters. The van der Waals surface area contributed by atoms with Gasteiger partial charge in [-0.1, -0.05) is 30.3 Å². The highest BCUT2D eigenvalue weighted by Crippen LogP contribution is 2.14. The lowest BCUT2D eigenvalue weighted by molar-refractivity contribution is -0.138. The van der Waals surface area contributed by atoms with Crippen molar-refractivity contribution >= 4 is 17.9 Å². The van der Waals surface area contributed by atoms with Gasteiger partial charge in [-0.3, -0.25) is 9.59 Å². The maximum atomic E-state index is 11.9. The molecule has 21 heavy (non-hydrogen) atoms. The second-order valence-electron chi connectivity index (χ2n) is 4.76. The summed E-state index contributed by atoms with van der Waals surface area (Å²) in [5.41, 5.74) is 0.627. The van der Waals surface area contributed by atoms with Crippen LogP contribution in [0.3, 0.4) is 0 Å². The molecule has 1 aromatic rings. The van der Waals surface area contributed by atoms with Gasteiger partial charge in [0.25, 0.3) is 0 Å². The van der Waals surface area contributed by atoms with E-state index in [-0.39, 0.29) is 19.0 Å². The summed E-state index contributed by atoms with van der Waals surface area (Å²) in [7, 11) is 0. The fraction of sp³-hybridized carbons (Fsp3) is 0.357. The number of carboxylic acid groups (broad SMARTS) is 1. The second-order valence-corrected chi connectivity index (χ2v) is 4.76. The molecule has 1 aromatic carbocycles. The Morgan fingerprint density at radius 1 is 1.33 bits per heavy atom. The van der Waals surface area contributed by atoms with Crippen molar-refractivity contribution in [2.75, 3.05) is 26.2 Å². The smallest absolute Gasteiger partial charge is 0.317 e. The predicted molar refractivity (Wildman–Crippen MR) is 74.8 cm³/mol. The topological polar surface area (TPSA) is 98.7 Å². The molecule has 3 N–H and O–H groups in total. The SMILES string of the molecule is O=C1CN(C(=O)NCC(C(=O)O)c2ccccc2)CCN1. The molecule has 7 nitrogen and oxygen atoms in total. The zero-order chi connectivity index (χ0) is 15.2. The lowest BCUT2D eigenvalue weighted by atomic mass is 9.99. The van der Waals surface area contributed by atoms with E-state index in [1.54, 1.807) is 30.3 Å². The van der Waals surface area contributed by atoms with E-state index in [2.05, 4.69) is 10.6 Å². The fourth-order valence-electron chi connectivity index (χ4n) is 2.15. The van der Waals surface area contributed by atoms with Crippen LogP contribution in [0.2, 0.25) is 0 Å². The summed E-state index contributed by atoms with van der Waals surface area (Å²) in [6.07, 6.45) is 0. The summed E-state index contributed by atoms with van der Waals surface area (Å²) in [5.74, 6) is -2.03. The van der Waals surface area contributed by atoms with E-state index in [0.29, 0.717) is 18.7 Å². The van der Waals surface area contributed by atoms with E-state index in [0.717, 1.165) is 0 Å². The van der Waals surface area contributed by atoms with Crippen LogP contribution in [0.1, 0.15) is 11.5 Å². The summed E-state index contributed by atoms with van der Waals surface area (Å²) in [6.45, 7) is 0.805. The van der Waals surface area contributed by atoms with Crippen LogP contribution in [0.5, 0.6) is 0 Å². The van der Waals surface area contributed by atoms with Gasteiger partial charge in [0.1, 0.15) is 6.54 Å². The first-order valence-electron chi connectivity index (χ1n) is 6.65. The zero-order valence-electron chi connectivity index (χ0n) is 11.4. The number of benzene rings is 1. The molecule has 3 amide bonds. The molecule has 1 fully saturated rings. The molecule has 0 aliphatic carbocycles. The highest BCUT2D eigenvalue weighted by molar-refractivity contribution is 5.85. The number of rotatable bonds is 4. The van der Waals surface area contributed by atoms with Crippen molar-refractivity contribution in [1.82, 2.24) is 15.5 Å². The second kappa shape index (κ2) is 6.74. The third-order valence-corrected chi connectivity index (χ3v) is 3.28. The first-order chi connectivity index (χ1) is 10.1. The molecule has 0 spiro atoms. The average Bonchev–Trinajstić information content (AvgIpc) is 2.48. The van der Waals surface area contributed by atoms with Gasteiger partial charge in [-0.25, -0.2) is 4.79 Å². The largest absolute Gasteiger partial charge is 0.481 e. The number of urea groups is 1. The monoisotopic (exact) mass is 291 g/mol. The Morgan fingerprint density at radius 2 is 2.05 bits per heavy atom. The maximum Gasteiger partial charge on any atom is 0.317 e. The van der Waals surface area contributed by atoms with Gasteiger partial charge in [0.15, 0.2) is 0 Å². The van der Waals surface area contributed by atoms with Crippen LogP contribution in [0.4, 0.5) is 4.79 Å².